The van der Waals surface area contributed by atoms with E-state index in [1.54, 1.807) is 6.20 Å². The zero-order chi connectivity index (χ0) is 17.7. The summed E-state index contributed by atoms with van der Waals surface area (Å²) in [7, 11) is 0. The van der Waals surface area contributed by atoms with Gasteiger partial charge in [-0.05, 0) is 44.7 Å². The topological polar surface area (TPSA) is 54.2 Å². The van der Waals surface area contributed by atoms with Crippen LogP contribution in [0.2, 0.25) is 0 Å². The van der Waals surface area contributed by atoms with Crippen molar-refractivity contribution in [1.29, 1.82) is 0 Å². The molecule has 1 N–H and O–H groups in total. The first-order valence-electron chi connectivity index (χ1n) is 9.00. The number of imidazole rings is 1. The maximum Gasteiger partial charge on any atom is 0.128 e. The van der Waals surface area contributed by atoms with E-state index in [4.69, 9.17) is 0 Å². The summed E-state index contributed by atoms with van der Waals surface area (Å²) in [5.74, 6) is 1.00. The summed E-state index contributed by atoms with van der Waals surface area (Å²) < 4.78 is 2.04. The second kappa shape index (κ2) is 7.83. The minimum Gasteiger partial charge on any atom is -0.396 e. The molecule has 0 spiro atoms. The van der Waals surface area contributed by atoms with E-state index in [1.165, 1.54) is 5.57 Å². The fraction of sp³-hybridized carbons (Fsp3) is 0.500. The van der Waals surface area contributed by atoms with Crippen molar-refractivity contribution in [2.75, 3.05) is 24.6 Å². The zero-order valence-corrected chi connectivity index (χ0v) is 15.2. The number of anilines is 1. The monoisotopic (exact) mass is 340 g/mol. The molecule has 25 heavy (non-hydrogen) atoms. The molecule has 1 unspecified atom stereocenters. The molecular weight excluding hydrogens is 312 g/mol. The van der Waals surface area contributed by atoms with E-state index in [0.29, 0.717) is 0 Å². The molecule has 1 saturated heterocycles. The summed E-state index contributed by atoms with van der Waals surface area (Å²) in [5.41, 5.74) is 2.43. The van der Waals surface area contributed by atoms with Crippen molar-refractivity contribution >= 4 is 5.82 Å². The average Bonchev–Trinajstić information content (AvgIpc) is 3.14. The minimum atomic E-state index is -0.0489. The number of aliphatic hydroxyl groups is 1. The van der Waals surface area contributed by atoms with E-state index in [9.17, 15) is 5.11 Å². The lowest BCUT2D eigenvalue weighted by Crippen LogP contribution is -2.45. The average molecular weight is 340 g/mol. The van der Waals surface area contributed by atoms with E-state index < -0.39 is 0 Å². The molecule has 2 aromatic rings. The Hall–Kier alpha value is -2.14. The Morgan fingerprint density at radius 2 is 2.24 bits per heavy atom. The molecule has 0 amide bonds. The smallest absolute Gasteiger partial charge is 0.128 e. The molecule has 3 heterocycles. The summed E-state index contributed by atoms with van der Waals surface area (Å²) >= 11 is 0. The Balaban J connectivity index is 1.69. The highest BCUT2D eigenvalue weighted by atomic mass is 16.3. The second-order valence-electron chi connectivity index (χ2n) is 7.43. The molecule has 5 heteroatoms. The summed E-state index contributed by atoms with van der Waals surface area (Å²) in [5, 5.41) is 10.0. The van der Waals surface area contributed by atoms with Gasteiger partial charge in [0.25, 0.3) is 0 Å². The van der Waals surface area contributed by atoms with Crippen molar-refractivity contribution < 1.29 is 5.11 Å². The van der Waals surface area contributed by atoms with Crippen LogP contribution in [-0.4, -0.2) is 39.3 Å². The van der Waals surface area contributed by atoms with E-state index in [2.05, 4.69) is 46.9 Å². The maximum atomic E-state index is 10.0. The van der Waals surface area contributed by atoms with Gasteiger partial charge in [0.15, 0.2) is 0 Å². The van der Waals surface area contributed by atoms with Gasteiger partial charge in [-0.25, -0.2) is 9.97 Å². The number of piperidine rings is 1. The number of aliphatic hydroxyl groups excluding tert-OH is 1. The number of hydrogen-bond donors (Lipinski definition) is 1. The quantitative estimate of drug-likeness (QED) is 0.820. The predicted molar refractivity (Wildman–Crippen MR) is 101 cm³/mol. The standard InChI is InChI=1S/C20H28N4O/c1-17(2)6-8-20(15-25)7-3-10-24(14-20)19-5-4-18(12-22-19)13-23-11-9-21-16-23/h4-6,9,11-12,16,25H,3,7-8,10,13-15H2,1-2H3. The molecule has 0 saturated carbocycles. The lowest BCUT2D eigenvalue weighted by atomic mass is 9.77. The van der Waals surface area contributed by atoms with Gasteiger partial charge in [-0.1, -0.05) is 17.7 Å². The first kappa shape index (κ1) is 17.7. The van der Waals surface area contributed by atoms with Crippen molar-refractivity contribution in [2.24, 2.45) is 5.41 Å². The van der Waals surface area contributed by atoms with Crippen LogP contribution in [0.25, 0.3) is 0 Å². The van der Waals surface area contributed by atoms with Crippen molar-refractivity contribution in [1.82, 2.24) is 14.5 Å². The van der Waals surface area contributed by atoms with Crippen molar-refractivity contribution in [3.8, 4) is 0 Å². The van der Waals surface area contributed by atoms with Crippen LogP contribution in [0.1, 0.15) is 38.7 Å². The van der Waals surface area contributed by atoms with Gasteiger partial charge in [0, 0.05) is 43.6 Å². The molecule has 1 aliphatic heterocycles. The SMILES string of the molecule is CC(C)=CCC1(CO)CCCN(c2ccc(Cn3ccnc3)cn2)C1. The number of pyridine rings is 1. The van der Waals surface area contributed by atoms with E-state index >= 15 is 0 Å². The lowest BCUT2D eigenvalue weighted by molar-refractivity contribution is 0.108. The van der Waals surface area contributed by atoms with E-state index in [1.807, 2.05) is 23.3 Å². The Morgan fingerprint density at radius 3 is 2.88 bits per heavy atom. The lowest BCUT2D eigenvalue weighted by Gasteiger charge is -2.42. The third kappa shape index (κ3) is 4.48. The van der Waals surface area contributed by atoms with Gasteiger partial charge in [-0.3, -0.25) is 0 Å². The third-order valence-corrected chi connectivity index (χ3v) is 5.00. The Labute approximate surface area is 150 Å². The molecule has 0 bridgehead atoms. The van der Waals surface area contributed by atoms with Gasteiger partial charge in [0.1, 0.15) is 5.82 Å². The molecule has 134 valence electrons. The Bertz CT molecular complexity index is 689. The van der Waals surface area contributed by atoms with Crippen molar-refractivity contribution in [3.05, 3.63) is 54.3 Å². The number of rotatable bonds is 6. The predicted octanol–water partition coefficient (Wildman–Crippen LogP) is 3.26. The molecule has 1 fully saturated rings. The van der Waals surface area contributed by atoms with Gasteiger partial charge in [-0.2, -0.15) is 0 Å². The summed E-state index contributed by atoms with van der Waals surface area (Å²) in [6.45, 7) is 7.12. The number of allylic oxidation sites excluding steroid dienone is 2. The van der Waals surface area contributed by atoms with Gasteiger partial charge < -0.3 is 14.6 Å². The molecule has 5 nitrogen and oxygen atoms in total. The first-order chi connectivity index (χ1) is 12.1. The van der Waals surface area contributed by atoms with Gasteiger partial charge in [-0.15, -0.1) is 0 Å². The van der Waals surface area contributed by atoms with Crippen LogP contribution in [-0.2, 0) is 6.54 Å². The fourth-order valence-corrected chi connectivity index (χ4v) is 3.47. The minimum absolute atomic E-state index is 0.0489. The number of nitrogens with zero attached hydrogens (tertiary/aromatic N) is 4. The van der Waals surface area contributed by atoms with Crippen LogP contribution >= 0.6 is 0 Å². The molecule has 0 aromatic carbocycles. The van der Waals surface area contributed by atoms with Crippen LogP contribution in [0.5, 0.6) is 0 Å². The van der Waals surface area contributed by atoms with Crippen molar-refractivity contribution in [2.45, 2.75) is 39.7 Å². The van der Waals surface area contributed by atoms with Crippen LogP contribution in [0, 0.1) is 5.41 Å². The largest absolute Gasteiger partial charge is 0.396 e. The van der Waals surface area contributed by atoms with E-state index in [-0.39, 0.29) is 12.0 Å². The Kier molecular flexibility index (Phi) is 5.53. The summed E-state index contributed by atoms with van der Waals surface area (Å²) in [6, 6.07) is 4.23. The molecule has 1 aliphatic rings. The van der Waals surface area contributed by atoms with Crippen LogP contribution in [0.15, 0.2) is 48.7 Å². The highest BCUT2D eigenvalue weighted by Crippen LogP contribution is 2.35. The second-order valence-corrected chi connectivity index (χ2v) is 7.43. The molecular formula is C20H28N4O. The van der Waals surface area contributed by atoms with Gasteiger partial charge >= 0.3 is 0 Å². The molecule has 3 rings (SSSR count). The third-order valence-electron chi connectivity index (χ3n) is 5.00. The van der Waals surface area contributed by atoms with Gasteiger partial charge in [0.2, 0.25) is 0 Å². The highest BCUT2D eigenvalue weighted by Gasteiger charge is 2.34. The molecule has 0 aliphatic carbocycles. The normalized spacial score (nSPS) is 20.5. The van der Waals surface area contributed by atoms with Crippen LogP contribution in [0.3, 0.4) is 0 Å². The molecule has 1 atom stereocenters. The Morgan fingerprint density at radius 1 is 1.36 bits per heavy atom. The maximum absolute atomic E-state index is 10.0. The molecule has 0 radical (unpaired) electrons. The first-order valence-corrected chi connectivity index (χ1v) is 9.00. The number of aromatic nitrogens is 3. The summed E-state index contributed by atoms with van der Waals surface area (Å²) in [4.78, 5) is 11.1. The van der Waals surface area contributed by atoms with Crippen molar-refractivity contribution in [3.63, 3.8) is 0 Å². The van der Waals surface area contributed by atoms with Crippen LogP contribution in [0.4, 0.5) is 5.82 Å². The zero-order valence-electron chi connectivity index (χ0n) is 15.2. The van der Waals surface area contributed by atoms with Crippen LogP contribution < -0.4 is 4.90 Å². The van der Waals surface area contributed by atoms with E-state index in [0.717, 1.165) is 50.3 Å². The van der Waals surface area contributed by atoms with Gasteiger partial charge in [0.05, 0.1) is 12.9 Å². The summed E-state index contributed by atoms with van der Waals surface area (Å²) in [6.07, 6.45) is 12.9. The molecule has 2 aromatic heterocycles. The highest BCUT2D eigenvalue weighted by molar-refractivity contribution is 5.40. The fourth-order valence-electron chi connectivity index (χ4n) is 3.47. The number of hydrogen-bond acceptors (Lipinski definition) is 4.